The molecule has 2 saturated heterocycles. The molecule has 2 atom stereocenters. The van der Waals surface area contributed by atoms with Crippen LogP contribution in [0.15, 0.2) is 36.4 Å². The number of halogens is 1. The van der Waals surface area contributed by atoms with E-state index in [0.29, 0.717) is 47.5 Å². The average molecular weight is 488 g/mol. The molecule has 34 heavy (non-hydrogen) atoms. The van der Waals surface area contributed by atoms with Gasteiger partial charge in [0.2, 0.25) is 5.75 Å². The number of methoxy groups -OCH3 is 3. The molecule has 0 aliphatic carbocycles. The summed E-state index contributed by atoms with van der Waals surface area (Å²) in [4.78, 5) is 15.1. The normalized spacial score (nSPS) is 21.7. The highest BCUT2D eigenvalue weighted by Crippen LogP contribution is 2.41. The molecule has 2 unspecified atom stereocenters. The Morgan fingerprint density at radius 1 is 1.00 bits per heavy atom. The van der Waals surface area contributed by atoms with Gasteiger partial charge in [0.05, 0.1) is 27.0 Å². The Bertz CT molecular complexity index is 946. The van der Waals surface area contributed by atoms with Gasteiger partial charge in [0, 0.05) is 42.3 Å². The summed E-state index contributed by atoms with van der Waals surface area (Å²) < 4.78 is 16.0. The molecular formula is C26H34ClN3O4. The molecule has 8 heteroatoms. The third-order valence-corrected chi connectivity index (χ3v) is 7.25. The van der Waals surface area contributed by atoms with Crippen LogP contribution in [0.4, 0.5) is 10.5 Å². The number of piperidine rings is 1. The zero-order valence-electron chi connectivity index (χ0n) is 20.1. The highest BCUT2D eigenvalue weighted by Gasteiger charge is 2.40. The van der Waals surface area contributed by atoms with E-state index in [1.165, 1.54) is 31.2 Å². The molecule has 2 aromatic carbocycles. The molecule has 184 valence electrons. The number of rotatable bonds is 9. The molecule has 2 aliphatic heterocycles. The molecule has 2 amide bonds. The van der Waals surface area contributed by atoms with E-state index < -0.39 is 0 Å². The van der Waals surface area contributed by atoms with Crippen LogP contribution in [0, 0.1) is 5.92 Å². The fourth-order valence-corrected chi connectivity index (χ4v) is 5.63. The van der Waals surface area contributed by atoms with Gasteiger partial charge in [-0.2, -0.15) is 0 Å². The van der Waals surface area contributed by atoms with Crippen LogP contribution in [0.25, 0.3) is 0 Å². The van der Waals surface area contributed by atoms with Crippen molar-refractivity contribution < 1.29 is 19.0 Å². The van der Waals surface area contributed by atoms with E-state index in [1.807, 2.05) is 12.1 Å². The lowest BCUT2D eigenvalue weighted by molar-refractivity contribution is 0.105. The summed E-state index contributed by atoms with van der Waals surface area (Å²) in [5.74, 6) is 2.20. The van der Waals surface area contributed by atoms with Crippen molar-refractivity contribution in [3.05, 3.63) is 47.0 Å². The molecule has 2 N–H and O–H groups in total. The number of ether oxygens (including phenoxy) is 3. The largest absolute Gasteiger partial charge is 0.493 e. The zero-order valence-corrected chi connectivity index (χ0v) is 20.9. The minimum atomic E-state index is -0.251. The Balaban J connectivity index is 1.26. The number of hydrogen-bond donors (Lipinski definition) is 2. The van der Waals surface area contributed by atoms with Crippen LogP contribution in [0.2, 0.25) is 5.02 Å². The first-order chi connectivity index (χ1) is 16.5. The molecule has 0 radical (unpaired) electrons. The SMILES string of the molecule is COc1cc(NC(=O)NCCN2C3CCC2CC(Cc2ccc(Cl)cc2)C3)cc(OC)c1OC. The zero-order chi connectivity index (χ0) is 24.1. The lowest BCUT2D eigenvalue weighted by Crippen LogP contribution is -2.47. The van der Waals surface area contributed by atoms with Gasteiger partial charge in [-0.1, -0.05) is 23.7 Å². The van der Waals surface area contributed by atoms with Gasteiger partial charge in [-0.15, -0.1) is 0 Å². The van der Waals surface area contributed by atoms with Gasteiger partial charge in [0.15, 0.2) is 11.5 Å². The fraction of sp³-hybridized carbons (Fsp3) is 0.500. The van der Waals surface area contributed by atoms with E-state index in [1.54, 1.807) is 33.5 Å². The van der Waals surface area contributed by atoms with Crippen LogP contribution in [0.1, 0.15) is 31.2 Å². The van der Waals surface area contributed by atoms with Crippen molar-refractivity contribution >= 4 is 23.3 Å². The molecule has 2 aromatic rings. The topological polar surface area (TPSA) is 72.1 Å². The molecule has 7 nitrogen and oxygen atoms in total. The number of nitrogens with one attached hydrogen (secondary N) is 2. The van der Waals surface area contributed by atoms with Crippen molar-refractivity contribution in [2.75, 3.05) is 39.7 Å². The maximum absolute atomic E-state index is 12.5. The minimum absolute atomic E-state index is 0.251. The molecule has 4 rings (SSSR count). The van der Waals surface area contributed by atoms with E-state index in [-0.39, 0.29) is 6.03 Å². The molecule has 2 fully saturated rings. The lowest BCUT2D eigenvalue weighted by Gasteiger charge is -2.39. The van der Waals surface area contributed by atoms with Crippen LogP contribution in [-0.2, 0) is 6.42 Å². The second-order valence-corrected chi connectivity index (χ2v) is 9.52. The van der Waals surface area contributed by atoms with Gasteiger partial charge in [0.1, 0.15) is 0 Å². The lowest BCUT2D eigenvalue weighted by atomic mass is 9.86. The second-order valence-electron chi connectivity index (χ2n) is 9.09. The van der Waals surface area contributed by atoms with Crippen LogP contribution in [0.3, 0.4) is 0 Å². The van der Waals surface area contributed by atoms with Gasteiger partial charge >= 0.3 is 6.03 Å². The summed E-state index contributed by atoms with van der Waals surface area (Å²) in [5, 5.41) is 6.65. The molecule has 0 aromatic heterocycles. The number of fused-ring (bicyclic) bond motifs is 2. The Morgan fingerprint density at radius 3 is 2.18 bits per heavy atom. The Labute approximate surface area is 206 Å². The van der Waals surface area contributed by atoms with E-state index in [2.05, 4.69) is 27.7 Å². The van der Waals surface area contributed by atoms with Crippen LogP contribution in [-0.4, -0.2) is 57.4 Å². The molecule has 0 spiro atoms. The van der Waals surface area contributed by atoms with Crippen molar-refractivity contribution in [1.29, 1.82) is 0 Å². The second kappa shape index (κ2) is 11.2. The Morgan fingerprint density at radius 2 is 1.62 bits per heavy atom. The number of carbonyl (C=O) groups excluding carboxylic acids is 1. The summed E-state index contributed by atoms with van der Waals surface area (Å²) in [6.07, 6.45) is 6.06. The van der Waals surface area contributed by atoms with Crippen molar-refractivity contribution in [2.24, 2.45) is 5.92 Å². The van der Waals surface area contributed by atoms with E-state index in [9.17, 15) is 4.79 Å². The average Bonchev–Trinajstić information content (AvgIpc) is 3.07. The third kappa shape index (κ3) is 5.70. The molecule has 2 heterocycles. The van der Waals surface area contributed by atoms with Gasteiger partial charge in [0.25, 0.3) is 0 Å². The van der Waals surface area contributed by atoms with E-state index in [4.69, 9.17) is 25.8 Å². The van der Waals surface area contributed by atoms with E-state index >= 15 is 0 Å². The standard InChI is InChI=1S/C26H34ClN3O4/c1-32-23-15-20(16-24(33-2)25(23)34-3)29-26(31)28-10-11-30-21-8-9-22(30)14-18(13-21)12-17-4-6-19(27)7-5-17/h4-7,15-16,18,21-22H,8-14H2,1-3H3,(H2,28,29,31). The van der Waals surface area contributed by atoms with Gasteiger partial charge in [-0.3, -0.25) is 4.90 Å². The first-order valence-corrected chi connectivity index (χ1v) is 12.2. The highest BCUT2D eigenvalue weighted by atomic mass is 35.5. The predicted molar refractivity (Wildman–Crippen MR) is 135 cm³/mol. The number of nitrogens with zero attached hydrogens (tertiary/aromatic N) is 1. The quantitative estimate of drug-likeness (QED) is 0.522. The number of amides is 2. The summed E-state index contributed by atoms with van der Waals surface area (Å²) in [5.41, 5.74) is 1.95. The van der Waals surface area contributed by atoms with Crippen molar-refractivity contribution in [3.63, 3.8) is 0 Å². The highest BCUT2D eigenvalue weighted by molar-refractivity contribution is 6.30. The smallest absolute Gasteiger partial charge is 0.319 e. The number of benzene rings is 2. The molecule has 2 aliphatic rings. The van der Waals surface area contributed by atoms with Crippen molar-refractivity contribution in [3.8, 4) is 17.2 Å². The summed E-state index contributed by atoms with van der Waals surface area (Å²) in [7, 11) is 4.65. The minimum Gasteiger partial charge on any atom is -0.493 e. The van der Waals surface area contributed by atoms with E-state index in [0.717, 1.165) is 18.0 Å². The fourth-order valence-electron chi connectivity index (χ4n) is 5.50. The van der Waals surface area contributed by atoms with Crippen LogP contribution in [0.5, 0.6) is 17.2 Å². The number of anilines is 1. The monoisotopic (exact) mass is 487 g/mol. The number of carbonyl (C=O) groups is 1. The number of urea groups is 1. The Hall–Kier alpha value is -2.64. The summed E-state index contributed by atoms with van der Waals surface area (Å²) in [6.45, 7) is 1.47. The molecular weight excluding hydrogens is 454 g/mol. The summed E-state index contributed by atoms with van der Waals surface area (Å²) in [6, 6.07) is 12.6. The van der Waals surface area contributed by atoms with Crippen LogP contribution >= 0.6 is 11.6 Å². The maximum atomic E-state index is 12.5. The predicted octanol–water partition coefficient (Wildman–Crippen LogP) is 4.97. The first kappa shape index (κ1) is 24.5. The first-order valence-electron chi connectivity index (χ1n) is 11.9. The van der Waals surface area contributed by atoms with Crippen molar-refractivity contribution in [1.82, 2.24) is 10.2 Å². The van der Waals surface area contributed by atoms with Gasteiger partial charge in [-0.05, 0) is 55.7 Å². The third-order valence-electron chi connectivity index (χ3n) is 7.00. The summed E-state index contributed by atoms with van der Waals surface area (Å²) >= 11 is 6.03. The molecule has 2 bridgehead atoms. The molecule has 0 saturated carbocycles. The van der Waals surface area contributed by atoms with Gasteiger partial charge in [-0.25, -0.2) is 4.79 Å². The van der Waals surface area contributed by atoms with Crippen LogP contribution < -0.4 is 24.8 Å². The Kier molecular flexibility index (Phi) is 8.06. The van der Waals surface area contributed by atoms with Crippen molar-refractivity contribution in [2.45, 2.75) is 44.2 Å². The number of hydrogen-bond acceptors (Lipinski definition) is 5. The van der Waals surface area contributed by atoms with Gasteiger partial charge < -0.3 is 24.8 Å². The maximum Gasteiger partial charge on any atom is 0.319 e.